The van der Waals surface area contributed by atoms with Crippen LogP contribution in [0.1, 0.15) is 77.7 Å². The zero-order valence-corrected chi connectivity index (χ0v) is 31.5. The van der Waals surface area contributed by atoms with E-state index in [1.807, 2.05) is 30.3 Å². The van der Waals surface area contributed by atoms with E-state index in [4.69, 9.17) is 23.7 Å². The van der Waals surface area contributed by atoms with Crippen LogP contribution in [0.3, 0.4) is 0 Å². The minimum absolute atomic E-state index is 0.0433. The number of allylic oxidation sites excluding steroid dienone is 1. The Balaban J connectivity index is 1.85. The summed E-state index contributed by atoms with van der Waals surface area (Å²) in [7, 11) is 0. The fourth-order valence-corrected chi connectivity index (χ4v) is 8.52. The Labute approximate surface area is 309 Å². The predicted octanol–water partition coefficient (Wildman–Crippen LogP) is 4.14. The number of hydrogen-bond donors (Lipinski definition) is 3. The van der Waals surface area contributed by atoms with Crippen LogP contribution in [-0.4, -0.2) is 92.4 Å². The number of benzene rings is 2. The molecule has 286 valence electrons. The number of carbonyl (C=O) groups is 4. The average Bonchev–Trinajstić information content (AvgIpc) is 3.84. The van der Waals surface area contributed by atoms with Gasteiger partial charge in [0.15, 0.2) is 23.1 Å². The molecular weight excluding hydrogens is 684 g/mol. The monoisotopic (exact) mass is 734 g/mol. The first kappa shape index (κ1) is 40.0. The van der Waals surface area contributed by atoms with Crippen LogP contribution in [0, 0.1) is 11.8 Å². The molecule has 0 amide bonds. The van der Waals surface area contributed by atoms with Gasteiger partial charge in [-0.3, -0.25) is 14.4 Å². The van der Waals surface area contributed by atoms with Crippen molar-refractivity contribution < 1.29 is 58.2 Å². The molecule has 2 aromatic carbocycles. The molecule has 10 atom stereocenters. The predicted molar refractivity (Wildman–Crippen MR) is 191 cm³/mol. The molecule has 5 rings (SSSR count). The van der Waals surface area contributed by atoms with Crippen molar-refractivity contribution in [2.45, 2.75) is 114 Å². The normalized spacial score (nSPS) is 35.1. The number of Topliss-reactive ketones (excluding diaryl/α,β-unsaturated/α-hetero) is 1. The zero-order chi connectivity index (χ0) is 39.3. The number of aliphatic hydroxyl groups excluding tert-OH is 1. The Hall–Kier alpha value is -4.20. The van der Waals surface area contributed by atoms with Crippen molar-refractivity contribution in [2.75, 3.05) is 6.61 Å². The van der Waals surface area contributed by atoms with Gasteiger partial charge in [-0.1, -0.05) is 68.1 Å². The molecule has 2 aromatic rings. The maximum Gasteiger partial charge on any atom is 0.338 e. The number of esters is 3. The first-order chi connectivity index (χ1) is 24.7. The molecular formula is C41H50O12. The lowest BCUT2D eigenvalue weighted by Gasteiger charge is -2.61. The lowest BCUT2D eigenvalue weighted by Crippen LogP contribution is -2.75. The molecule has 3 fully saturated rings. The first-order valence-corrected chi connectivity index (χ1v) is 17.7. The highest BCUT2D eigenvalue weighted by Crippen LogP contribution is 2.65. The molecule has 2 aliphatic carbocycles. The fraction of sp³-hybridized carbons (Fsp3) is 0.512. The van der Waals surface area contributed by atoms with Gasteiger partial charge in [0, 0.05) is 32.1 Å². The van der Waals surface area contributed by atoms with Gasteiger partial charge in [0.2, 0.25) is 0 Å². The summed E-state index contributed by atoms with van der Waals surface area (Å²) in [6, 6.07) is 17.2. The van der Waals surface area contributed by atoms with E-state index in [2.05, 4.69) is 6.58 Å². The Bertz CT molecular complexity index is 1790. The second-order valence-corrected chi connectivity index (χ2v) is 15.2. The summed E-state index contributed by atoms with van der Waals surface area (Å²) < 4.78 is 31.1. The van der Waals surface area contributed by atoms with Crippen LogP contribution in [0.4, 0.5) is 0 Å². The Morgan fingerprint density at radius 3 is 2.06 bits per heavy atom. The van der Waals surface area contributed by atoms with E-state index < -0.39 is 101 Å². The molecule has 1 heterocycles. The topological polar surface area (TPSA) is 178 Å². The van der Waals surface area contributed by atoms with Crippen molar-refractivity contribution in [3.63, 3.8) is 0 Å². The Morgan fingerprint density at radius 1 is 0.943 bits per heavy atom. The quantitative estimate of drug-likeness (QED) is 0.0990. The van der Waals surface area contributed by atoms with Crippen LogP contribution in [0.25, 0.3) is 0 Å². The summed E-state index contributed by atoms with van der Waals surface area (Å²) in [4.78, 5) is 53.5. The van der Waals surface area contributed by atoms with Gasteiger partial charge in [-0.15, -0.1) is 0 Å². The molecule has 0 spiro atoms. The van der Waals surface area contributed by atoms with Gasteiger partial charge in [-0.2, -0.15) is 0 Å². The standard InChI is InChI=1S/C41H50O12/c1-10-24(4)31(44)38(47)21-39(53-37(8,9)29-19-15-12-16-20-29)25(5)33(51-35(46)28-17-13-11-14-18-28)41(48,23(2)3)32(45)30(39)34-40(52-34,22-49-26(6)42)36(38)50-27(7)43/h10-20,25,30,32-34,36,45,47-48H,2,21-22H2,1,3-9H3/b24-10-/t25-,30-,32-,33-,34+,36+,38-,39-,40+,41-/m1/s1. The molecule has 3 aliphatic rings. The second-order valence-electron chi connectivity index (χ2n) is 15.2. The molecule has 12 heteroatoms. The van der Waals surface area contributed by atoms with Gasteiger partial charge in [-0.05, 0) is 63.5 Å². The van der Waals surface area contributed by atoms with Gasteiger partial charge in [-0.25, -0.2) is 4.79 Å². The van der Waals surface area contributed by atoms with Gasteiger partial charge in [0.1, 0.15) is 24.4 Å². The molecule has 1 aliphatic heterocycles. The van der Waals surface area contributed by atoms with Crippen molar-refractivity contribution in [2.24, 2.45) is 11.8 Å². The molecule has 0 radical (unpaired) electrons. The second kappa shape index (κ2) is 14.2. The fourth-order valence-electron chi connectivity index (χ4n) is 8.52. The number of epoxide rings is 1. The minimum Gasteiger partial charge on any atom is -0.463 e. The van der Waals surface area contributed by atoms with E-state index in [0.29, 0.717) is 5.56 Å². The molecule has 0 aromatic heterocycles. The van der Waals surface area contributed by atoms with Gasteiger partial charge < -0.3 is 39.0 Å². The van der Waals surface area contributed by atoms with E-state index >= 15 is 0 Å². The van der Waals surface area contributed by atoms with E-state index in [1.165, 1.54) is 32.1 Å². The molecule has 12 nitrogen and oxygen atoms in total. The molecule has 53 heavy (non-hydrogen) atoms. The molecule has 0 unspecified atom stereocenters. The van der Waals surface area contributed by atoms with Crippen molar-refractivity contribution in [1.82, 2.24) is 0 Å². The van der Waals surface area contributed by atoms with Gasteiger partial charge in [0.25, 0.3) is 0 Å². The first-order valence-electron chi connectivity index (χ1n) is 17.7. The summed E-state index contributed by atoms with van der Waals surface area (Å²) >= 11 is 0. The number of ether oxygens (including phenoxy) is 5. The largest absolute Gasteiger partial charge is 0.463 e. The van der Waals surface area contributed by atoms with Gasteiger partial charge >= 0.3 is 17.9 Å². The van der Waals surface area contributed by atoms with E-state index in [1.54, 1.807) is 45.9 Å². The third-order valence-corrected chi connectivity index (χ3v) is 11.3. The Kier molecular flexibility index (Phi) is 10.7. The lowest BCUT2D eigenvalue weighted by atomic mass is 9.55. The summed E-state index contributed by atoms with van der Waals surface area (Å²) in [5.74, 6) is -5.76. The summed E-state index contributed by atoms with van der Waals surface area (Å²) in [5, 5.41) is 38.4. The highest BCUT2D eigenvalue weighted by molar-refractivity contribution is 6.02. The highest BCUT2D eigenvalue weighted by Gasteiger charge is 2.83. The average molecular weight is 735 g/mol. The van der Waals surface area contributed by atoms with Gasteiger partial charge in [0.05, 0.1) is 22.9 Å². The van der Waals surface area contributed by atoms with Crippen LogP contribution >= 0.6 is 0 Å². The summed E-state index contributed by atoms with van der Waals surface area (Å²) in [5.41, 5.74) is -9.07. The summed E-state index contributed by atoms with van der Waals surface area (Å²) in [6.45, 7) is 15.4. The molecule has 1 saturated heterocycles. The third-order valence-electron chi connectivity index (χ3n) is 11.3. The molecule has 2 saturated carbocycles. The van der Waals surface area contributed by atoms with Crippen molar-refractivity contribution in [1.29, 1.82) is 0 Å². The number of carbonyl (C=O) groups excluding carboxylic acids is 4. The van der Waals surface area contributed by atoms with Crippen molar-refractivity contribution >= 4 is 23.7 Å². The molecule has 0 bridgehead atoms. The van der Waals surface area contributed by atoms with Crippen LogP contribution < -0.4 is 0 Å². The van der Waals surface area contributed by atoms with E-state index in [0.717, 1.165) is 13.8 Å². The minimum atomic E-state index is -2.65. The maximum absolute atomic E-state index is 14.6. The van der Waals surface area contributed by atoms with Crippen LogP contribution in [0.5, 0.6) is 0 Å². The molecule has 3 N–H and O–H groups in total. The number of fused-ring (bicyclic) bond motifs is 3. The number of hydrogen-bond acceptors (Lipinski definition) is 12. The Morgan fingerprint density at radius 2 is 1.53 bits per heavy atom. The zero-order valence-electron chi connectivity index (χ0n) is 31.5. The van der Waals surface area contributed by atoms with Crippen LogP contribution in [0.15, 0.2) is 84.5 Å². The maximum atomic E-state index is 14.6. The van der Waals surface area contributed by atoms with Crippen LogP contribution in [-0.2, 0) is 43.7 Å². The lowest BCUT2D eigenvalue weighted by molar-refractivity contribution is -0.308. The summed E-state index contributed by atoms with van der Waals surface area (Å²) in [6.07, 6.45) is -5.71. The number of rotatable bonds is 11. The number of ketones is 1. The highest BCUT2D eigenvalue weighted by atomic mass is 16.7. The smallest absolute Gasteiger partial charge is 0.338 e. The SMILES string of the molecule is C=C(C)[C@@]1(O)[C@H](O)[C@@H]2[C@@H]3O[C@]3(COC(C)=O)[C@@H](OC(C)=O)[C@](O)(C(=O)/C(C)=C\C)C[C@@]2(OC(C)(C)c2ccccc2)[C@H](C)[C@H]1OC(=O)c1ccccc1. The van der Waals surface area contributed by atoms with Crippen LogP contribution in [0.2, 0.25) is 0 Å². The van der Waals surface area contributed by atoms with E-state index in [-0.39, 0.29) is 16.7 Å². The van der Waals surface area contributed by atoms with Crippen molar-refractivity contribution in [3.8, 4) is 0 Å². The van der Waals surface area contributed by atoms with E-state index in [9.17, 15) is 34.5 Å². The third kappa shape index (κ3) is 6.65. The number of aliphatic hydroxyl groups is 3. The van der Waals surface area contributed by atoms with Crippen molar-refractivity contribution in [3.05, 3.63) is 95.6 Å².